The van der Waals surface area contributed by atoms with Gasteiger partial charge in [0.25, 0.3) is 0 Å². The van der Waals surface area contributed by atoms with Crippen LogP contribution in [0.5, 0.6) is 5.75 Å². The van der Waals surface area contributed by atoms with Crippen LogP contribution in [0, 0.1) is 5.41 Å². The van der Waals surface area contributed by atoms with Crippen LogP contribution in [-0.2, 0) is 4.79 Å². The fourth-order valence-electron chi connectivity index (χ4n) is 3.41. The molecule has 3 heteroatoms. The number of hydrogen-bond acceptors (Lipinski definition) is 2. The van der Waals surface area contributed by atoms with Crippen molar-refractivity contribution in [2.45, 2.75) is 53.9 Å². The predicted molar refractivity (Wildman–Crippen MR) is 123 cm³/mol. The van der Waals surface area contributed by atoms with Gasteiger partial charge in [-0.05, 0) is 80.8 Å². The first kappa shape index (κ1) is 17.1. The van der Waals surface area contributed by atoms with Crippen LogP contribution in [0.2, 0.25) is 0 Å². The summed E-state index contributed by atoms with van der Waals surface area (Å²) in [7, 11) is 0. The van der Waals surface area contributed by atoms with E-state index in [0.29, 0.717) is 5.57 Å². The molecule has 0 atom stereocenters. The SMILES string of the molecule is [2H]c1c([2H])c(NC(=O)/C=C(C)/C=C\C=C(C)/C=C\C2=C(C)CCCC2(C)C)c([2H])c([2H])c1O. The summed E-state index contributed by atoms with van der Waals surface area (Å²) in [6, 6.07) is -2.19. The number of nitrogens with one attached hydrogen (secondary N) is 1. The Hall–Kier alpha value is -2.81. The van der Waals surface area contributed by atoms with Crippen molar-refractivity contribution in [2.24, 2.45) is 5.41 Å². The van der Waals surface area contributed by atoms with Gasteiger partial charge in [0.05, 0.1) is 5.48 Å². The Balaban J connectivity index is 2.08. The average Bonchev–Trinajstić information content (AvgIpc) is 2.73. The van der Waals surface area contributed by atoms with Crippen LogP contribution >= 0.6 is 0 Å². The molecule has 1 aliphatic carbocycles. The van der Waals surface area contributed by atoms with E-state index >= 15 is 0 Å². The molecule has 0 fully saturated rings. The standard InChI is InChI=1S/C26H33NO2/c1-19(11-16-24-21(3)10-7-17-26(24,4)5)8-6-9-20(2)18-25(29)27-22-12-14-23(28)15-13-22/h6,8-9,11-16,18,28H,7,10,17H2,1-5H3,(H,27,29)/b9-6-,16-11-,19-8-,20-18+/i12D,13D,14D,15D. The Labute approximate surface area is 180 Å². The lowest BCUT2D eigenvalue weighted by Crippen LogP contribution is -2.19. The fraction of sp³-hybridized carbons (Fsp3) is 0.346. The number of rotatable bonds is 6. The number of phenols is 1. The van der Waals surface area contributed by atoms with Gasteiger partial charge in [-0.25, -0.2) is 0 Å². The summed E-state index contributed by atoms with van der Waals surface area (Å²) in [4.78, 5) is 12.3. The number of carbonyl (C=O) groups excluding carboxylic acids is 1. The van der Waals surface area contributed by atoms with E-state index in [0.717, 1.165) is 12.0 Å². The van der Waals surface area contributed by atoms with Crippen molar-refractivity contribution in [1.82, 2.24) is 0 Å². The number of benzene rings is 1. The van der Waals surface area contributed by atoms with E-state index in [2.05, 4.69) is 38.2 Å². The molecule has 29 heavy (non-hydrogen) atoms. The summed E-state index contributed by atoms with van der Waals surface area (Å²) in [6.07, 6.45) is 14.8. The van der Waals surface area contributed by atoms with Crippen LogP contribution in [0.1, 0.15) is 59.4 Å². The maximum Gasteiger partial charge on any atom is 0.248 e. The molecule has 1 aromatic carbocycles. The van der Waals surface area contributed by atoms with Gasteiger partial charge >= 0.3 is 0 Å². The minimum atomic E-state index is -0.743. The second kappa shape index (κ2) is 10.1. The quantitative estimate of drug-likeness (QED) is 0.314. The monoisotopic (exact) mass is 395 g/mol. The van der Waals surface area contributed by atoms with Gasteiger partial charge in [0.15, 0.2) is 0 Å². The first-order chi connectivity index (χ1) is 15.3. The summed E-state index contributed by atoms with van der Waals surface area (Å²) in [5.74, 6) is -1.32. The molecule has 154 valence electrons. The molecule has 1 aromatic rings. The number of aromatic hydroxyl groups is 1. The van der Waals surface area contributed by atoms with Crippen LogP contribution in [0.3, 0.4) is 0 Å². The van der Waals surface area contributed by atoms with Gasteiger partial charge in [-0.3, -0.25) is 4.79 Å². The number of allylic oxidation sites excluding steroid dienone is 9. The third-order valence-corrected chi connectivity index (χ3v) is 4.99. The van der Waals surface area contributed by atoms with E-state index in [1.807, 2.05) is 19.1 Å². The topological polar surface area (TPSA) is 49.3 Å². The van der Waals surface area contributed by atoms with Crippen LogP contribution in [-0.4, -0.2) is 11.0 Å². The fourth-order valence-corrected chi connectivity index (χ4v) is 3.41. The minimum absolute atomic E-state index is 0.193. The zero-order chi connectivity index (χ0) is 24.9. The molecule has 0 bridgehead atoms. The molecule has 0 spiro atoms. The first-order valence-electron chi connectivity index (χ1n) is 11.9. The number of phenolic OH excluding ortho intramolecular Hbond substituents is 1. The average molecular weight is 396 g/mol. The van der Waals surface area contributed by atoms with Crippen LogP contribution < -0.4 is 5.32 Å². The zero-order valence-corrected chi connectivity index (χ0v) is 17.9. The summed E-state index contributed by atoms with van der Waals surface area (Å²) in [6.45, 7) is 10.6. The minimum Gasteiger partial charge on any atom is -0.508 e. The van der Waals surface area contributed by atoms with Gasteiger partial charge in [-0.1, -0.05) is 55.4 Å². The molecule has 0 saturated heterocycles. The first-order valence-corrected chi connectivity index (χ1v) is 9.87. The largest absolute Gasteiger partial charge is 0.508 e. The Bertz CT molecular complexity index is 1060. The summed E-state index contributed by atoms with van der Waals surface area (Å²) in [5, 5.41) is 12.0. The second-order valence-corrected chi connectivity index (χ2v) is 8.14. The highest BCUT2D eigenvalue weighted by Gasteiger charge is 2.26. The van der Waals surface area contributed by atoms with E-state index in [1.54, 1.807) is 13.0 Å². The van der Waals surface area contributed by atoms with Crippen molar-refractivity contribution in [3.8, 4) is 5.75 Å². The lowest BCUT2D eigenvalue weighted by molar-refractivity contribution is -0.111. The van der Waals surface area contributed by atoms with Gasteiger partial charge in [-0.2, -0.15) is 0 Å². The normalized spacial score (nSPS) is 19.9. The molecule has 0 unspecified atom stereocenters. The van der Waals surface area contributed by atoms with Crippen molar-refractivity contribution in [1.29, 1.82) is 0 Å². The van der Waals surface area contributed by atoms with Gasteiger partial charge in [-0.15, -0.1) is 0 Å². The molecule has 0 radical (unpaired) electrons. The van der Waals surface area contributed by atoms with E-state index in [4.69, 9.17) is 5.48 Å². The lowest BCUT2D eigenvalue weighted by atomic mass is 9.72. The van der Waals surface area contributed by atoms with Crippen molar-refractivity contribution in [3.63, 3.8) is 0 Å². The molecule has 2 N–H and O–H groups in total. The van der Waals surface area contributed by atoms with Crippen molar-refractivity contribution in [2.75, 3.05) is 5.32 Å². The third kappa shape index (κ3) is 7.26. The number of amides is 1. The van der Waals surface area contributed by atoms with Crippen LogP contribution in [0.15, 0.2) is 82.9 Å². The molecule has 0 saturated carbocycles. The summed E-state index contributed by atoms with van der Waals surface area (Å²) >= 11 is 0. The number of anilines is 1. The highest BCUT2D eigenvalue weighted by molar-refractivity contribution is 5.99. The molecule has 0 aromatic heterocycles. The summed E-state index contributed by atoms with van der Waals surface area (Å²) in [5.41, 5.74) is 4.52. The van der Waals surface area contributed by atoms with Crippen molar-refractivity contribution < 1.29 is 15.4 Å². The summed E-state index contributed by atoms with van der Waals surface area (Å²) < 4.78 is 31.0. The van der Waals surface area contributed by atoms with E-state index < -0.39 is 35.8 Å². The Morgan fingerprint density at radius 3 is 2.52 bits per heavy atom. The van der Waals surface area contributed by atoms with Gasteiger partial charge in [0.1, 0.15) is 5.75 Å². The van der Waals surface area contributed by atoms with Gasteiger partial charge < -0.3 is 10.4 Å². The van der Waals surface area contributed by atoms with E-state index in [-0.39, 0.29) is 11.1 Å². The smallest absolute Gasteiger partial charge is 0.248 e. The molecule has 0 aliphatic heterocycles. The lowest BCUT2D eigenvalue weighted by Gasteiger charge is -2.32. The number of hydrogen-bond donors (Lipinski definition) is 2. The van der Waals surface area contributed by atoms with Gasteiger partial charge in [0.2, 0.25) is 5.91 Å². The van der Waals surface area contributed by atoms with Crippen molar-refractivity contribution >= 4 is 11.6 Å². The highest BCUT2D eigenvalue weighted by atomic mass is 16.3. The van der Waals surface area contributed by atoms with E-state index in [1.165, 1.54) is 30.1 Å². The Kier molecular flexibility index (Phi) is 5.95. The van der Waals surface area contributed by atoms with Crippen molar-refractivity contribution in [3.05, 3.63) is 82.9 Å². The second-order valence-electron chi connectivity index (χ2n) is 8.14. The molecule has 1 aliphatic rings. The maximum atomic E-state index is 12.3. The molecule has 1 amide bonds. The predicted octanol–water partition coefficient (Wildman–Crippen LogP) is 6.86. The van der Waals surface area contributed by atoms with E-state index in [9.17, 15) is 9.90 Å². The van der Waals surface area contributed by atoms with Crippen LogP contribution in [0.25, 0.3) is 0 Å². The molecular weight excluding hydrogens is 358 g/mol. The Morgan fingerprint density at radius 1 is 1.17 bits per heavy atom. The van der Waals surface area contributed by atoms with Gasteiger partial charge in [0, 0.05) is 11.8 Å². The Morgan fingerprint density at radius 2 is 1.86 bits per heavy atom. The number of carbonyl (C=O) groups is 1. The maximum absolute atomic E-state index is 12.3. The molecular formula is C26H33NO2. The third-order valence-electron chi connectivity index (χ3n) is 4.99. The zero-order valence-electron chi connectivity index (χ0n) is 21.9. The molecule has 0 heterocycles. The molecule has 3 nitrogen and oxygen atoms in total. The van der Waals surface area contributed by atoms with Crippen LogP contribution in [0.4, 0.5) is 5.69 Å². The molecule has 2 rings (SSSR count). The highest BCUT2D eigenvalue weighted by Crippen LogP contribution is 2.40.